The van der Waals surface area contributed by atoms with E-state index in [0.717, 1.165) is 38.6 Å². The Bertz CT molecular complexity index is 916. The molecule has 0 bridgehead atoms. The maximum atomic E-state index is 6.06. The molecule has 0 N–H and O–H groups in total. The summed E-state index contributed by atoms with van der Waals surface area (Å²) < 4.78 is 7.34. The molecule has 0 saturated heterocycles. The number of fused-ring (bicyclic) bond motifs is 1. The van der Waals surface area contributed by atoms with Crippen LogP contribution < -0.4 is 4.74 Å². The number of rotatable bonds is 8. The number of ether oxygens (including phenoxy) is 1. The summed E-state index contributed by atoms with van der Waals surface area (Å²) in [7, 11) is 0.856. The van der Waals surface area contributed by atoms with Crippen molar-refractivity contribution in [3.05, 3.63) is 70.1 Å². The fourth-order valence-electron chi connectivity index (χ4n) is 3.07. The van der Waals surface area contributed by atoms with Gasteiger partial charge in [-0.05, 0) is 66.5 Å². The molecule has 4 heteroatoms. The second-order valence-electron chi connectivity index (χ2n) is 6.43. The van der Waals surface area contributed by atoms with Crippen molar-refractivity contribution in [1.29, 1.82) is 0 Å². The number of allylic oxidation sites excluding steroid dienone is 1. The lowest BCUT2D eigenvalue weighted by Crippen LogP contribution is -2.02. The largest absolute Gasteiger partial charge is 0.489 e. The number of aryl methyl sites for hydroxylation is 2. The summed E-state index contributed by atoms with van der Waals surface area (Å²) in [5.74, 6) is 0.919. The molecule has 0 fully saturated rings. The van der Waals surface area contributed by atoms with Gasteiger partial charge in [-0.1, -0.05) is 40.4 Å². The minimum Gasteiger partial charge on any atom is -0.489 e. The van der Waals surface area contributed by atoms with Crippen molar-refractivity contribution in [2.24, 2.45) is 0 Å². The predicted octanol–water partition coefficient (Wildman–Crippen LogP) is 6.50. The summed E-state index contributed by atoms with van der Waals surface area (Å²) in [6, 6.07) is 10.6. The molecule has 3 rings (SSSR count). The minimum absolute atomic E-state index is 0.564. The molecule has 1 atom stereocenters. The van der Waals surface area contributed by atoms with Crippen LogP contribution in [0, 0.1) is 6.92 Å². The third-order valence-electron chi connectivity index (χ3n) is 4.39. The first-order valence-corrected chi connectivity index (χ1v) is 11.2. The van der Waals surface area contributed by atoms with Crippen LogP contribution in [0.15, 0.2) is 47.6 Å². The van der Waals surface area contributed by atoms with Crippen molar-refractivity contribution < 1.29 is 4.74 Å². The zero-order valence-corrected chi connectivity index (χ0v) is 17.6. The van der Waals surface area contributed by atoms with Crippen molar-refractivity contribution >= 4 is 30.0 Å². The molecule has 0 aliphatic rings. The number of aromatic nitrogens is 1. The van der Waals surface area contributed by atoms with Crippen LogP contribution in [-0.4, -0.2) is 11.1 Å². The van der Waals surface area contributed by atoms with E-state index in [0.29, 0.717) is 6.61 Å². The third-order valence-corrected chi connectivity index (χ3v) is 6.42. The van der Waals surface area contributed by atoms with Gasteiger partial charge in [-0.25, -0.2) is 0 Å². The Morgan fingerprint density at radius 2 is 2.04 bits per heavy atom. The maximum Gasteiger partial charge on any atom is 0.121 e. The maximum absolute atomic E-state index is 6.06. The summed E-state index contributed by atoms with van der Waals surface area (Å²) in [6.45, 7) is 11.2. The van der Waals surface area contributed by atoms with Gasteiger partial charge in [0.2, 0.25) is 0 Å². The summed E-state index contributed by atoms with van der Waals surface area (Å²) in [5, 5.41) is 4.93. The lowest BCUT2D eigenvalue weighted by Gasteiger charge is -2.10. The SMILES string of the molecule is C=C(Cc1csc2cc(OCc3ccc(C)nc3CC)ccc12)PCC. The Kier molecular flexibility index (Phi) is 6.45. The van der Waals surface area contributed by atoms with Gasteiger partial charge in [0, 0.05) is 21.7 Å². The highest BCUT2D eigenvalue weighted by Crippen LogP contribution is 2.34. The van der Waals surface area contributed by atoms with Crippen LogP contribution in [0.4, 0.5) is 0 Å². The van der Waals surface area contributed by atoms with Crippen molar-refractivity contribution in [3.63, 3.8) is 0 Å². The van der Waals surface area contributed by atoms with E-state index in [1.807, 2.05) is 6.92 Å². The van der Waals surface area contributed by atoms with Gasteiger partial charge < -0.3 is 4.74 Å². The van der Waals surface area contributed by atoms with Gasteiger partial charge in [-0.3, -0.25) is 4.98 Å². The van der Waals surface area contributed by atoms with Crippen molar-refractivity contribution in [3.8, 4) is 5.75 Å². The second kappa shape index (κ2) is 8.79. The number of pyridine rings is 1. The zero-order chi connectivity index (χ0) is 18.5. The topological polar surface area (TPSA) is 22.1 Å². The monoisotopic (exact) mass is 383 g/mol. The predicted molar refractivity (Wildman–Crippen MR) is 116 cm³/mol. The van der Waals surface area contributed by atoms with E-state index in [-0.39, 0.29) is 0 Å². The fraction of sp³-hybridized carbons (Fsp3) is 0.318. The van der Waals surface area contributed by atoms with Crippen LogP contribution in [-0.2, 0) is 19.4 Å². The molecule has 2 heterocycles. The molecule has 1 aromatic carbocycles. The Morgan fingerprint density at radius 3 is 2.81 bits per heavy atom. The minimum atomic E-state index is 0.564. The molecule has 0 spiro atoms. The number of nitrogens with zero attached hydrogens (tertiary/aromatic N) is 1. The van der Waals surface area contributed by atoms with Crippen LogP contribution in [0.25, 0.3) is 10.1 Å². The van der Waals surface area contributed by atoms with Crippen LogP contribution in [0.1, 0.15) is 36.4 Å². The standard InChI is InChI=1S/C22H26NOPS/c1-5-21-17(8-7-15(3)23-21)13-24-19-9-10-20-18(11-16(4)25-6-2)14-26-22(20)12-19/h7-10,12,14,25H,4-6,11,13H2,1-3H3. The zero-order valence-electron chi connectivity index (χ0n) is 15.8. The van der Waals surface area contributed by atoms with Crippen LogP contribution in [0.3, 0.4) is 0 Å². The smallest absolute Gasteiger partial charge is 0.121 e. The highest BCUT2D eigenvalue weighted by molar-refractivity contribution is 7.42. The molecule has 136 valence electrons. The molecular weight excluding hydrogens is 357 g/mol. The number of hydrogen-bond donors (Lipinski definition) is 0. The van der Waals surface area contributed by atoms with Crippen LogP contribution in [0.2, 0.25) is 0 Å². The van der Waals surface area contributed by atoms with E-state index < -0.39 is 0 Å². The average Bonchev–Trinajstić information content (AvgIpc) is 3.02. The van der Waals surface area contributed by atoms with Gasteiger partial charge in [-0.2, -0.15) is 0 Å². The van der Waals surface area contributed by atoms with Gasteiger partial charge in [-0.15, -0.1) is 11.3 Å². The van der Waals surface area contributed by atoms with Crippen molar-refractivity contribution in [1.82, 2.24) is 4.98 Å². The average molecular weight is 383 g/mol. The van der Waals surface area contributed by atoms with Gasteiger partial charge in [0.15, 0.2) is 0 Å². The Hall–Kier alpha value is -1.70. The fourth-order valence-corrected chi connectivity index (χ4v) is 4.88. The Balaban J connectivity index is 1.73. The van der Waals surface area contributed by atoms with Gasteiger partial charge in [0.1, 0.15) is 12.4 Å². The summed E-state index contributed by atoms with van der Waals surface area (Å²) in [6.07, 6.45) is 3.10. The molecular formula is C22H26NOPS. The van der Waals surface area contributed by atoms with Crippen LogP contribution in [0.5, 0.6) is 5.75 Å². The first-order chi connectivity index (χ1) is 12.6. The van der Waals surface area contributed by atoms with Crippen molar-refractivity contribution in [2.75, 3.05) is 6.16 Å². The normalized spacial score (nSPS) is 11.5. The van der Waals surface area contributed by atoms with E-state index in [1.165, 1.54) is 32.7 Å². The molecule has 0 radical (unpaired) electrons. The number of thiophene rings is 1. The van der Waals surface area contributed by atoms with E-state index in [1.54, 1.807) is 11.3 Å². The summed E-state index contributed by atoms with van der Waals surface area (Å²) in [4.78, 5) is 4.61. The molecule has 2 nitrogen and oxygen atoms in total. The summed E-state index contributed by atoms with van der Waals surface area (Å²) in [5.41, 5.74) is 4.74. The Morgan fingerprint density at radius 1 is 1.19 bits per heavy atom. The highest BCUT2D eigenvalue weighted by Gasteiger charge is 2.08. The number of benzene rings is 1. The third kappa shape index (κ3) is 4.52. The molecule has 0 amide bonds. The van der Waals surface area contributed by atoms with E-state index >= 15 is 0 Å². The highest BCUT2D eigenvalue weighted by atomic mass is 32.1. The first kappa shape index (κ1) is 19.1. The number of hydrogen-bond acceptors (Lipinski definition) is 3. The molecule has 0 saturated carbocycles. The molecule has 26 heavy (non-hydrogen) atoms. The summed E-state index contributed by atoms with van der Waals surface area (Å²) >= 11 is 1.79. The van der Waals surface area contributed by atoms with Crippen LogP contribution >= 0.6 is 19.9 Å². The van der Waals surface area contributed by atoms with Gasteiger partial charge in [0.05, 0.1) is 0 Å². The lowest BCUT2D eigenvalue weighted by atomic mass is 10.1. The second-order valence-corrected chi connectivity index (χ2v) is 9.11. The molecule has 0 aliphatic heterocycles. The van der Waals surface area contributed by atoms with Crippen molar-refractivity contribution in [2.45, 2.75) is 40.2 Å². The van der Waals surface area contributed by atoms with E-state index in [9.17, 15) is 0 Å². The molecule has 2 aromatic heterocycles. The van der Waals surface area contributed by atoms with Gasteiger partial charge >= 0.3 is 0 Å². The van der Waals surface area contributed by atoms with E-state index in [4.69, 9.17) is 4.74 Å². The molecule has 1 unspecified atom stereocenters. The lowest BCUT2D eigenvalue weighted by molar-refractivity contribution is 0.305. The van der Waals surface area contributed by atoms with E-state index in [2.05, 4.69) is 61.1 Å². The molecule has 0 aliphatic carbocycles. The molecule has 3 aromatic rings. The van der Waals surface area contributed by atoms with Gasteiger partial charge in [0.25, 0.3) is 0 Å². The quantitative estimate of drug-likeness (QED) is 0.414. The first-order valence-electron chi connectivity index (χ1n) is 9.10. The Labute approximate surface area is 162 Å².